The molecular weight excluding hydrogens is 304 g/mol. The van der Waals surface area contributed by atoms with Crippen LogP contribution in [-0.2, 0) is 21.4 Å². The van der Waals surface area contributed by atoms with Crippen molar-refractivity contribution in [3.8, 4) is 5.75 Å². The molecule has 0 aliphatic heterocycles. The van der Waals surface area contributed by atoms with Gasteiger partial charge in [-0.15, -0.1) is 0 Å². The second-order valence-corrected chi connectivity index (χ2v) is 7.64. The van der Waals surface area contributed by atoms with E-state index < -0.39 is 5.41 Å². The van der Waals surface area contributed by atoms with E-state index in [1.807, 2.05) is 12.1 Å². The summed E-state index contributed by atoms with van der Waals surface area (Å²) in [5, 5.41) is 0. The maximum atomic E-state index is 12.5. The van der Waals surface area contributed by atoms with E-state index in [-0.39, 0.29) is 17.3 Å². The molecule has 1 aromatic carbocycles. The first-order valence-electron chi connectivity index (χ1n) is 8.65. The van der Waals surface area contributed by atoms with E-state index in [2.05, 4.69) is 13.8 Å². The van der Waals surface area contributed by atoms with E-state index in [1.165, 1.54) is 18.2 Å². The molecule has 4 nitrogen and oxygen atoms in total. The smallest absolute Gasteiger partial charge is 0.311 e. The molecule has 4 heteroatoms. The summed E-state index contributed by atoms with van der Waals surface area (Å²) in [4.78, 5) is 23.9. The number of hydrogen-bond acceptors (Lipinski definition) is 4. The zero-order valence-electron chi connectivity index (χ0n) is 15.0. The highest BCUT2D eigenvalue weighted by Crippen LogP contribution is 2.58. The number of aryl methyl sites for hydroxylation is 1. The van der Waals surface area contributed by atoms with Gasteiger partial charge in [0.05, 0.1) is 25.2 Å². The molecule has 0 bridgehead atoms. The van der Waals surface area contributed by atoms with Crippen molar-refractivity contribution in [2.45, 2.75) is 51.4 Å². The van der Waals surface area contributed by atoms with E-state index >= 15 is 0 Å². The van der Waals surface area contributed by atoms with Gasteiger partial charge in [0.1, 0.15) is 5.75 Å². The zero-order valence-corrected chi connectivity index (χ0v) is 15.0. The summed E-state index contributed by atoms with van der Waals surface area (Å²) in [6, 6.07) is 3.99. The molecule has 0 N–H and O–H groups in total. The van der Waals surface area contributed by atoms with Gasteiger partial charge in [-0.3, -0.25) is 9.59 Å². The summed E-state index contributed by atoms with van der Waals surface area (Å²) in [6.45, 7) is 4.32. The Morgan fingerprint density at radius 3 is 2.62 bits per heavy atom. The van der Waals surface area contributed by atoms with Crippen molar-refractivity contribution in [3.63, 3.8) is 0 Å². The lowest BCUT2D eigenvalue weighted by molar-refractivity contribution is -0.161. The molecule has 0 aromatic heterocycles. The number of fused-ring (bicyclic) bond motifs is 3. The van der Waals surface area contributed by atoms with Gasteiger partial charge >= 0.3 is 5.97 Å². The number of esters is 1. The third-order valence-corrected chi connectivity index (χ3v) is 6.48. The molecule has 0 saturated heterocycles. The van der Waals surface area contributed by atoms with Crippen LogP contribution in [0, 0.1) is 11.3 Å². The number of rotatable bonds is 3. The first-order chi connectivity index (χ1) is 11.4. The van der Waals surface area contributed by atoms with Crippen LogP contribution in [0.5, 0.6) is 5.75 Å². The molecular formula is C20H26O4. The number of carbonyl (C=O) groups is 2. The summed E-state index contributed by atoms with van der Waals surface area (Å²) in [7, 11) is 3.08. The van der Waals surface area contributed by atoms with Gasteiger partial charge in [0.2, 0.25) is 0 Å². The van der Waals surface area contributed by atoms with Crippen LogP contribution in [0.4, 0.5) is 0 Å². The van der Waals surface area contributed by atoms with Crippen LogP contribution in [0.2, 0.25) is 0 Å². The molecule has 2 aliphatic carbocycles. The molecule has 0 spiro atoms. The van der Waals surface area contributed by atoms with Crippen molar-refractivity contribution in [2.24, 2.45) is 11.3 Å². The second-order valence-electron chi connectivity index (χ2n) is 7.64. The molecule has 1 fully saturated rings. The van der Waals surface area contributed by atoms with Crippen molar-refractivity contribution in [1.82, 2.24) is 0 Å². The highest BCUT2D eigenvalue weighted by Gasteiger charge is 2.55. The Morgan fingerprint density at radius 2 is 2.00 bits per heavy atom. The highest BCUT2D eigenvalue weighted by molar-refractivity contribution is 5.81. The van der Waals surface area contributed by atoms with Gasteiger partial charge in [0.15, 0.2) is 6.29 Å². The van der Waals surface area contributed by atoms with Crippen molar-refractivity contribution in [2.75, 3.05) is 14.2 Å². The summed E-state index contributed by atoms with van der Waals surface area (Å²) in [6.07, 6.45) is 5.59. The minimum absolute atomic E-state index is 0.0938. The third kappa shape index (κ3) is 2.27. The predicted molar refractivity (Wildman–Crippen MR) is 91.5 cm³/mol. The van der Waals surface area contributed by atoms with Gasteiger partial charge in [0.25, 0.3) is 0 Å². The molecule has 0 heterocycles. The molecule has 3 atom stereocenters. The van der Waals surface area contributed by atoms with Crippen molar-refractivity contribution < 1.29 is 19.1 Å². The number of benzene rings is 1. The van der Waals surface area contributed by atoms with Crippen LogP contribution in [0.25, 0.3) is 0 Å². The summed E-state index contributed by atoms with van der Waals surface area (Å²) >= 11 is 0. The van der Waals surface area contributed by atoms with Gasteiger partial charge in [-0.2, -0.15) is 0 Å². The molecule has 0 amide bonds. The summed E-state index contributed by atoms with van der Waals surface area (Å²) in [5.74, 6) is 0.764. The summed E-state index contributed by atoms with van der Waals surface area (Å²) < 4.78 is 10.6. The van der Waals surface area contributed by atoms with Crippen molar-refractivity contribution in [1.29, 1.82) is 0 Å². The van der Waals surface area contributed by atoms with E-state index in [0.29, 0.717) is 11.3 Å². The number of methoxy groups -OCH3 is 2. The average Bonchev–Trinajstić information content (AvgIpc) is 2.59. The van der Waals surface area contributed by atoms with E-state index in [1.54, 1.807) is 7.11 Å². The van der Waals surface area contributed by atoms with Crippen LogP contribution in [0.3, 0.4) is 0 Å². The highest BCUT2D eigenvalue weighted by atomic mass is 16.5. The fraction of sp³-hybridized carbons (Fsp3) is 0.600. The average molecular weight is 330 g/mol. The molecule has 130 valence electrons. The van der Waals surface area contributed by atoms with Crippen LogP contribution >= 0.6 is 0 Å². The molecule has 2 aliphatic rings. The van der Waals surface area contributed by atoms with Gasteiger partial charge in [-0.25, -0.2) is 0 Å². The van der Waals surface area contributed by atoms with Gasteiger partial charge in [-0.05, 0) is 67.2 Å². The predicted octanol–water partition coefficient (Wildman–Crippen LogP) is 3.69. The number of ether oxygens (including phenoxy) is 2. The topological polar surface area (TPSA) is 52.6 Å². The second kappa shape index (κ2) is 5.91. The maximum Gasteiger partial charge on any atom is 0.311 e. The zero-order chi connectivity index (χ0) is 17.5. The Bertz CT molecular complexity index is 680. The van der Waals surface area contributed by atoms with Crippen molar-refractivity contribution >= 4 is 12.3 Å². The van der Waals surface area contributed by atoms with Crippen LogP contribution in [-0.4, -0.2) is 26.5 Å². The Hall–Kier alpha value is -1.84. The largest absolute Gasteiger partial charge is 0.496 e. The molecule has 1 aromatic rings. The first kappa shape index (κ1) is 17.0. The van der Waals surface area contributed by atoms with Gasteiger partial charge < -0.3 is 9.47 Å². The lowest BCUT2D eigenvalue weighted by atomic mass is 9.49. The quantitative estimate of drug-likeness (QED) is 0.626. The molecule has 0 radical (unpaired) electrons. The monoisotopic (exact) mass is 330 g/mol. The van der Waals surface area contributed by atoms with E-state index in [0.717, 1.165) is 38.4 Å². The Balaban J connectivity index is 2.13. The Labute approximate surface area is 143 Å². The third-order valence-electron chi connectivity index (χ3n) is 6.48. The number of carbonyl (C=O) groups excluding carboxylic acids is 2. The first-order valence-corrected chi connectivity index (χ1v) is 8.65. The van der Waals surface area contributed by atoms with Crippen molar-refractivity contribution in [3.05, 3.63) is 28.8 Å². The number of hydrogen-bond donors (Lipinski definition) is 0. The molecule has 3 rings (SSSR count). The maximum absolute atomic E-state index is 12.5. The molecule has 1 saturated carbocycles. The lowest BCUT2D eigenvalue weighted by Gasteiger charge is -2.54. The lowest BCUT2D eigenvalue weighted by Crippen LogP contribution is -2.52. The van der Waals surface area contributed by atoms with Crippen LogP contribution in [0.1, 0.15) is 61.0 Å². The van der Waals surface area contributed by atoms with Gasteiger partial charge in [0, 0.05) is 0 Å². The van der Waals surface area contributed by atoms with Gasteiger partial charge in [-0.1, -0.05) is 13.3 Å². The normalized spacial score (nSPS) is 31.6. The Kier molecular flexibility index (Phi) is 4.18. The number of aldehydes is 1. The standard InChI is InChI=1S/C20H26O4/c1-19-8-5-9-20(2,18(22)24-4)17(19)7-6-13-10-14(12-21)16(23-3)11-15(13)19/h10-12,17H,5-9H2,1-4H3/t17-,19-,20-/m1/s1. The van der Waals surface area contributed by atoms with E-state index in [9.17, 15) is 9.59 Å². The minimum Gasteiger partial charge on any atom is -0.496 e. The van der Waals surface area contributed by atoms with E-state index in [4.69, 9.17) is 9.47 Å². The van der Waals surface area contributed by atoms with Crippen LogP contribution in [0.15, 0.2) is 12.1 Å². The molecule has 0 unspecified atom stereocenters. The summed E-state index contributed by atoms with van der Waals surface area (Å²) in [5.41, 5.74) is 2.51. The Morgan fingerprint density at radius 1 is 1.25 bits per heavy atom. The molecule has 24 heavy (non-hydrogen) atoms. The van der Waals surface area contributed by atoms with Crippen LogP contribution < -0.4 is 4.74 Å². The minimum atomic E-state index is -0.448. The fourth-order valence-electron chi connectivity index (χ4n) is 5.26. The fourth-order valence-corrected chi connectivity index (χ4v) is 5.26. The SMILES string of the molecule is COC(=O)[C@]1(C)CCC[C@]2(C)c3cc(OC)c(C=O)cc3CC[C@@H]12.